The molecule has 0 radical (unpaired) electrons. The molecule has 4 atom stereocenters. The van der Waals surface area contributed by atoms with E-state index in [1.807, 2.05) is 20.8 Å². The summed E-state index contributed by atoms with van der Waals surface area (Å²) in [6, 6.07) is 6.06. The highest BCUT2D eigenvalue weighted by atomic mass is 16.6. The summed E-state index contributed by atoms with van der Waals surface area (Å²) in [7, 11) is 1.71. The number of nitrogens with one attached hydrogen (secondary N) is 1. The Balaban J connectivity index is 1.80. The average molecular weight is 488 g/mol. The predicted molar refractivity (Wildman–Crippen MR) is 135 cm³/mol. The summed E-state index contributed by atoms with van der Waals surface area (Å²) in [5, 5.41) is 18.0. The molecule has 1 aliphatic rings. The number of carbonyl (C=O) groups excluding carboxylic acids is 1. The summed E-state index contributed by atoms with van der Waals surface area (Å²) in [6.45, 7) is 11.9. The number of esters is 1. The number of fused-ring (bicyclic) bond motifs is 1. The molecule has 1 amide bonds. The summed E-state index contributed by atoms with van der Waals surface area (Å²) in [5.74, 6) is 0.315. The number of carbonyl (C=O) groups is 2. The third kappa shape index (κ3) is 6.75. The average Bonchev–Trinajstić information content (AvgIpc) is 3.32. The number of rotatable bonds is 12. The first kappa shape index (κ1) is 27.0. The Labute approximate surface area is 208 Å². The topological polar surface area (TPSA) is 103 Å². The second-order valence-corrected chi connectivity index (χ2v) is 10.6. The highest BCUT2D eigenvalue weighted by molar-refractivity contribution is 5.82. The Morgan fingerprint density at radius 2 is 2.06 bits per heavy atom. The third-order valence-electron chi connectivity index (χ3n) is 7.34. The molecule has 1 aromatic carbocycles. The minimum Gasteiger partial charge on any atom is -0.465 e. The first-order chi connectivity index (χ1) is 16.6. The van der Waals surface area contributed by atoms with Gasteiger partial charge in [-0.1, -0.05) is 39.8 Å². The Morgan fingerprint density at radius 1 is 1.31 bits per heavy atom. The number of cyclic esters (lactones) is 1. The van der Waals surface area contributed by atoms with Crippen LogP contribution in [0.25, 0.3) is 10.9 Å². The summed E-state index contributed by atoms with van der Waals surface area (Å²) >= 11 is 0. The van der Waals surface area contributed by atoms with E-state index in [4.69, 9.17) is 14.6 Å². The van der Waals surface area contributed by atoms with Gasteiger partial charge < -0.3 is 19.9 Å². The maximum atomic E-state index is 12.4. The second kappa shape index (κ2) is 11.9. The van der Waals surface area contributed by atoms with Gasteiger partial charge in [-0.2, -0.15) is 5.10 Å². The van der Waals surface area contributed by atoms with Crippen molar-refractivity contribution in [3.8, 4) is 0 Å². The lowest BCUT2D eigenvalue weighted by molar-refractivity contribution is -0.146. The summed E-state index contributed by atoms with van der Waals surface area (Å²) in [6.07, 6.45) is 1.35. The summed E-state index contributed by atoms with van der Waals surface area (Å²) in [5.41, 5.74) is 3.32. The van der Waals surface area contributed by atoms with Gasteiger partial charge in [0.2, 0.25) is 0 Å². The molecule has 194 valence electrons. The molecule has 8 nitrogen and oxygen atoms in total. The van der Waals surface area contributed by atoms with Crippen LogP contribution in [0.3, 0.4) is 0 Å². The minimum atomic E-state index is -1.08. The molecule has 0 saturated carbocycles. The molecule has 0 aliphatic carbocycles. The molecule has 2 N–H and O–H groups in total. The summed E-state index contributed by atoms with van der Waals surface area (Å²) in [4.78, 5) is 24.0. The van der Waals surface area contributed by atoms with E-state index in [2.05, 4.69) is 42.0 Å². The number of nitrogens with zero attached hydrogens (tertiary/aromatic N) is 2. The first-order valence-electron chi connectivity index (χ1n) is 12.8. The van der Waals surface area contributed by atoms with Crippen molar-refractivity contribution in [3.05, 3.63) is 29.5 Å². The lowest BCUT2D eigenvalue weighted by atomic mass is 9.81. The van der Waals surface area contributed by atoms with Crippen LogP contribution in [-0.4, -0.2) is 52.8 Å². The van der Waals surface area contributed by atoms with Crippen molar-refractivity contribution in [2.45, 2.75) is 79.0 Å². The van der Waals surface area contributed by atoms with Gasteiger partial charge in [-0.25, -0.2) is 4.79 Å². The van der Waals surface area contributed by atoms with E-state index in [9.17, 15) is 14.7 Å². The number of ether oxygens (including phenoxy) is 2. The van der Waals surface area contributed by atoms with Gasteiger partial charge in [-0.05, 0) is 62.0 Å². The van der Waals surface area contributed by atoms with Gasteiger partial charge in [-0.3, -0.25) is 9.48 Å². The number of hydrogen-bond acceptors (Lipinski definition) is 5. The Bertz CT molecular complexity index is 1020. The van der Waals surface area contributed by atoms with E-state index in [1.165, 1.54) is 5.56 Å². The van der Waals surface area contributed by atoms with Crippen molar-refractivity contribution in [2.75, 3.05) is 13.7 Å². The monoisotopic (exact) mass is 487 g/mol. The molecule has 8 heteroatoms. The molecular weight excluding hydrogens is 446 g/mol. The summed E-state index contributed by atoms with van der Waals surface area (Å²) < 4.78 is 12.9. The number of amides is 1. The van der Waals surface area contributed by atoms with E-state index < -0.39 is 18.2 Å². The molecule has 1 aromatic heterocycles. The zero-order valence-electron chi connectivity index (χ0n) is 21.9. The van der Waals surface area contributed by atoms with Crippen molar-refractivity contribution in [1.82, 2.24) is 15.1 Å². The number of hydrogen-bond donors (Lipinski definition) is 2. The molecule has 35 heavy (non-hydrogen) atoms. The standard InChI is InChI=1S/C27H41N3O5/c1-16(2)20(14-23(28-27(32)33)25-15-22(17(3)4)26(31)35-25)12-19-8-9-21-18(5)29-30(24(21)13-19)10-7-11-34-6/h8-9,13,16-17,20,22-23,25,28H,7,10-12,14-15H2,1-6H3,(H,32,33)/t20-,22-,23-,25-/m0/s1. The van der Waals surface area contributed by atoms with E-state index in [0.717, 1.165) is 36.0 Å². The number of benzene rings is 1. The molecule has 0 unspecified atom stereocenters. The Hall–Kier alpha value is -2.61. The van der Waals surface area contributed by atoms with Crippen LogP contribution in [0, 0.1) is 30.6 Å². The predicted octanol–water partition coefficient (Wildman–Crippen LogP) is 4.81. The molecule has 1 saturated heterocycles. The number of carboxylic acid groups (broad SMARTS) is 1. The van der Waals surface area contributed by atoms with E-state index in [-0.39, 0.29) is 23.7 Å². The third-order valence-corrected chi connectivity index (χ3v) is 7.34. The highest BCUT2D eigenvalue weighted by Crippen LogP contribution is 2.33. The largest absolute Gasteiger partial charge is 0.465 e. The van der Waals surface area contributed by atoms with Gasteiger partial charge >= 0.3 is 12.1 Å². The zero-order valence-corrected chi connectivity index (χ0v) is 21.9. The van der Waals surface area contributed by atoms with Gasteiger partial charge in [0, 0.05) is 25.6 Å². The molecule has 2 aromatic rings. The van der Waals surface area contributed by atoms with Crippen molar-refractivity contribution >= 4 is 23.0 Å². The van der Waals surface area contributed by atoms with E-state index in [1.54, 1.807) is 7.11 Å². The SMILES string of the molecule is COCCCn1nc(C)c2ccc(C[C@@H](C[C@H](NC(=O)O)[C@@H]3C[C@@H](C(C)C)C(=O)O3)C(C)C)cc21. The van der Waals surface area contributed by atoms with Gasteiger partial charge in [0.1, 0.15) is 6.10 Å². The van der Waals surface area contributed by atoms with E-state index in [0.29, 0.717) is 25.4 Å². The molecule has 0 bridgehead atoms. The maximum absolute atomic E-state index is 12.4. The number of methoxy groups -OCH3 is 1. The normalized spacial score (nSPS) is 19.9. The van der Waals surface area contributed by atoms with Crippen molar-refractivity contribution in [3.63, 3.8) is 0 Å². The lowest BCUT2D eigenvalue weighted by Gasteiger charge is -2.29. The minimum absolute atomic E-state index is 0.169. The van der Waals surface area contributed by atoms with Crippen LogP contribution < -0.4 is 5.32 Å². The number of aromatic nitrogens is 2. The smallest absolute Gasteiger partial charge is 0.405 e. The molecule has 2 heterocycles. The fourth-order valence-electron chi connectivity index (χ4n) is 5.15. The van der Waals surface area contributed by atoms with Gasteiger partial charge in [0.25, 0.3) is 0 Å². The van der Waals surface area contributed by atoms with E-state index >= 15 is 0 Å². The van der Waals surface area contributed by atoms with Crippen LogP contribution in [0.15, 0.2) is 18.2 Å². The van der Waals surface area contributed by atoms with Crippen LogP contribution in [0.1, 0.15) is 58.2 Å². The molecule has 3 rings (SSSR count). The number of aryl methyl sites for hydroxylation is 2. The highest BCUT2D eigenvalue weighted by Gasteiger charge is 2.41. The Morgan fingerprint density at radius 3 is 2.66 bits per heavy atom. The van der Waals surface area contributed by atoms with Crippen molar-refractivity contribution < 1.29 is 24.2 Å². The van der Waals surface area contributed by atoms with Crippen LogP contribution >= 0.6 is 0 Å². The second-order valence-electron chi connectivity index (χ2n) is 10.6. The van der Waals surface area contributed by atoms with Crippen LogP contribution in [0.5, 0.6) is 0 Å². The molecular formula is C27H41N3O5. The van der Waals surface area contributed by atoms with Gasteiger partial charge in [0.15, 0.2) is 0 Å². The Kier molecular flexibility index (Phi) is 9.16. The van der Waals surface area contributed by atoms with Crippen molar-refractivity contribution in [2.24, 2.45) is 23.7 Å². The molecule has 1 fully saturated rings. The molecule has 0 spiro atoms. The maximum Gasteiger partial charge on any atom is 0.405 e. The van der Waals surface area contributed by atoms with Gasteiger partial charge in [0.05, 0.1) is 23.2 Å². The van der Waals surface area contributed by atoms with Crippen LogP contribution in [-0.2, 0) is 27.2 Å². The fraction of sp³-hybridized carbons (Fsp3) is 0.667. The zero-order chi connectivity index (χ0) is 25.7. The lowest BCUT2D eigenvalue weighted by Crippen LogP contribution is -2.44. The molecule has 1 aliphatic heterocycles. The first-order valence-corrected chi connectivity index (χ1v) is 12.8. The van der Waals surface area contributed by atoms with Gasteiger partial charge in [-0.15, -0.1) is 0 Å². The van der Waals surface area contributed by atoms with Crippen LogP contribution in [0.4, 0.5) is 4.79 Å². The van der Waals surface area contributed by atoms with Crippen LogP contribution in [0.2, 0.25) is 0 Å². The fourth-order valence-corrected chi connectivity index (χ4v) is 5.15. The quantitative estimate of drug-likeness (QED) is 0.329. The van der Waals surface area contributed by atoms with Crippen molar-refractivity contribution in [1.29, 1.82) is 0 Å².